The second kappa shape index (κ2) is 8.92. The highest BCUT2D eigenvalue weighted by atomic mass is 32.2. The molecule has 0 atom stereocenters. The summed E-state index contributed by atoms with van der Waals surface area (Å²) in [6.45, 7) is 1.01. The van der Waals surface area contributed by atoms with E-state index in [0.29, 0.717) is 10.8 Å². The van der Waals surface area contributed by atoms with E-state index in [1.807, 2.05) is 12.1 Å². The monoisotopic (exact) mass is 444 g/mol. The number of amides is 1. The van der Waals surface area contributed by atoms with Crippen molar-refractivity contribution in [2.75, 3.05) is 26.2 Å². The lowest BCUT2D eigenvalue weighted by Gasteiger charge is -2.33. The van der Waals surface area contributed by atoms with Gasteiger partial charge >= 0.3 is 0 Å². The van der Waals surface area contributed by atoms with Crippen LogP contribution in [0.25, 0.3) is 0 Å². The van der Waals surface area contributed by atoms with E-state index in [2.05, 4.69) is 5.10 Å². The summed E-state index contributed by atoms with van der Waals surface area (Å²) in [6, 6.07) is 10.0. The summed E-state index contributed by atoms with van der Waals surface area (Å²) < 4.78 is 28.7. The molecule has 1 saturated heterocycles. The van der Waals surface area contributed by atoms with Crippen LogP contribution in [-0.4, -0.2) is 59.5 Å². The fourth-order valence-corrected chi connectivity index (χ4v) is 5.83. The molecule has 0 unspecified atom stereocenters. The third-order valence-electron chi connectivity index (χ3n) is 6.30. The van der Waals surface area contributed by atoms with Crippen molar-refractivity contribution in [2.45, 2.75) is 42.9 Å². The zero-order valence-corrected chi connectivity index (χ0v) is 18.6. The molecular formula is C22H28N4O4S. The Morgan fingerprint density at radius 1 is 0.935 bits per heavy atom. The summed E-state index contributed by atoms with van der Waals surface area (Å²) in [4.78, 5) is 26.0. The lowest BCUT2D eigenvalue weighted by atomic mass is 9.84. The SMILES string of the molecule is Cn1nc(C(=O)N2CCN(S(=O)(=O)c3ccc(C4CCCCC4)cc3)CC2)ccc1=O. The molecule has 1 aromatic carbocycles. The van der Waals surface area contributed by atoms with Crippen LogP contribution in [0.15, 0.2) is 46.1 Å². The van der Waals surface area contributed by atoms with Crippen molar-refractivity contribution in [3.8, 4) is 0 Å². The van der Waals surface area contributed by atoms with Gasteiger partial charge in [-0.2, -0.15) is 9.40 Å². The van der Waals surface area contributed by atoms with Crippen molar-refractivity contribution in [1.82, 2.24) is 19.0 Å². The number of aryl methyl sites for hydroxylation is 1. The summed E-state index contributed by atoms with van der Waals surface area (Å²) in [6.07, 6.45) is 6.11. The first-order valence-electron chi connectivity index (χ1n) is 10.8. The number of carbonyl (C=O) groups is 1. The average molecular weight is 445 g/mol. The van der Waals surface area contributed by atoms with Gasteiger partial charge in [0.05, 0.1) is 4.90 Å². The van der Waals surface area contributed by atoms with Gasteiger partial charge in [-0.3, -0.25) is 9.59 Å². The van der Waals surface area contributed by atoms with Gasteiger partial charge in [0, 0.05) is 39.3 Å². The molecule has 0 radical (unpaired) electrons. The third-order valence-corrected chi connectivity index (χ3v) is 8.21. The summed E-state index contributed by atoms with van der Waals surface area (Å²) in [5, 5.41) is 3.99. The van der Waals surface area contributed by atoms with Crippen LogP contribution in [0, 0.1) is 0 Å². The Morgan fingerprint density at radius 3 is 2.19 bits per heavy atom. The number of rotatable bonds is 4. The number of nitrogens with zero attached hydrogens (tertiary/aromatic N) is 4. The Bertz CT molecular complexity index is 1100. The van der Waals surface area contributed by atoms with Crippen LogP contribution in [0.4, 0.5) is 0 Å². The first-order chi connectivity index (χ1) is 14.9. The highest BCUT2D eigenvalue weighted by molar-refractivity contribution is 7.89. The van der Waals surface area contributed by atoms with Gasteiger partial charge < -0.3 is 4.90 Å². The van der Waals surface area contributed by atoms with Crippen LogP contribution >= 0.6 is 0 Å². The van der Waals surface area contributed by atoms with Crippen molar-refractivity contribution in [3.05, 3.63) is 58.0 Å². The van der Waals surface area contributed by atoms with Crippen LogP contribution in [0.3, 0.4) is 0 Å². The first-order valence-corrected chi connectivity index (χ1v) is 12.2. The van der Waals surface area contributed by atoms with E-state index in [1.165, 1.54) is 61.2 Å². The van der Waals surface area contributed by atoms with E-state index in [0.717, 1.165) is 4.68 Å². The standard InChI is InChI=1S/C22H28N4O4S/c1-24-21(27)12-11-20(23-24)22(28)25-13-15-26(16-14-25)31(29,30)19-9-7-18(8-10-19)17-5-3-2-4-6-17/h7-12,17H,2-6,13-16H2,1H3. The highest BCUT2D eigenvalue weighted by Gasteiger charge is 2.31. The number of hydrogen-bond donors (Lipinski definition) is 0. The fourth-order valence-electron chi connectivity index (χ4n) is 4.41. The van der Waals surface area contributed by atoms with Gasteiger partial charge in [0.25, 0.3) is 11.5 Å². The second-order valence-electron chi connectivity index (χ2n) is 8.28. The van der Waals surface area contributed by atoms with Crippen molar-refractivity contribution in [1.29, 1.82) is 0 Å². The molecule has 1 aromatic heterocycles. The summed E-state index contributed by atoms with van der Waals surface area (Å²) in [5.74, 6) is 0.232. The maximum Gasteiger partial charge on any atom is 0.274 e. The molecule has 1 amide bonds. The van der Waals surface area contributed by atoms with E-state index in [4.69, 9.17) is 0 Å². The summed E-state index contributed by atoms with van der Waals surface area (Å²) >= 11 is 0. The predicted octanol–water partition coefficient (Wildman–Crippen LogP) is 1.97. The van der Waals surface area contributed by atoms with Gasteiger partial charge in [-0.1, -0.05) is 31.4 Å². The first kappa shape index (κ1) is 21.7. The van der Waals surface area contributed by atoms with Crippen molar-refractivity contribution < 1.29 is 13.2 Å². The number of aromatic nitrogens is 2. The normalized spacial score (nSPS) is 18.8. The molecule has 8 nitrogen and oxygen atoms in total. The van der Waals surface area contributed by atoms with Crippen molar-refractivity contribution >= 4 is 15.9 Å². The molecule has 0 bridgehead atoms. The lowest BCUT2D eigenvalue weighted by molar-refractivity contribution is 0.0689. The van der Waals surface area contributed by atoms with Gasteiger partial charge in [0.2, 0.25) is 10.0 Å². The van der Waals surface area contributed by atoms with Gasteiger partial charge in [0.15, 0.2) is 0 Å². The predicted molar refractivity (Wildman–Crippen MR) is 116 cm³/mol. The number of benzene rings is 1. The molecule has 9 heteroatoms. The van der Waals surface area contributed by atoms with E-state index >= 15 is 0 Å². The van der Waals surface area contributed by atoms with Crippen LogP contribution in [0.1, 0.15) is 54.1 Å². The minimum absolute atomic E-state index is 0.178. The maximum atomic E-state index is 13.1. The Kier molecular flexibility index (Phi) is 6.24. The molecule has 2 aliphatic rings. The molecular weight excluding hydrogens is 416 g/mol. The lowest BCUT2D eigenvalue weighted by Crippen LogP contribution is -2.50. The van der Waals surface area contributed by atoms with E-state index in [-0.39, 0.29) is 43.3 Å². The zero-order chi connectivity index (χ0) is 22.0. The Balaban J connectivity index is 1.41. The second-order valence-corrected chi connectivity index (χ2v) is 10.2. The zero-order valence-electron chi connectivity index (χ0n) is 17.7. The van der Waals surface area contributed by atoms with E-state index in [1.54, 1.807) is 17.0 Å². The maximum absolute atomic E-state index is 13.1. The minimum atomic E-state index is -3.60. The van der Waals surface area contributed by atoms with Gasteiger partial charge in [-0.25, -0.2) is 13.1 Å². The Labute approximate surface area is 182 Å². The largest absolute Gasteiger partial charge is 0.335 e. The number of piperazine rings is 1. The smallest absolute Gasteiger partial charge is 0.274 e. The van der Waals surface area contributed by atoms with Gasteiger partial charge in [-0.15, -0.1) is 0 Å². The molecule has 1 saturated carbocycles. The number of carbonyl (C=O) groups excluding carboxylic acids is 1. The molecule has 31 heavy (non-hydrogen) atoms. The van der Waals surface area contributed by atoms with Crippen molar-refractivity contribution in [2.24, 2.45) is 7.05 Å². The molecule has 2 fully saturated rings. The Hall–Kier alpha value is -2.52. The minimum Gasteiger partial charge on any atom is -0.335 e. The molecule has 0 N–H and O–H groups in total. The van der Waals surface area contributed by atoms with E-state index in [9.17, 15) is 18.0 Å². The summed E-state index contributed by atoms with van der Waals surface area (Å²) in [5.41, 5.74) is 1.11. The molecule has 2 heterocycles. The van der Waals surface area contributed by atoms with Crippen LogP contribution in [0.2, 0.25) is 0 Å². The molecule has 1 aliphatic carbocycles. The van der Waals surface area contributed by atoms with Gasteiger partial charge in [-0.05, 0) is 42.5 Å². The molecule has 166 valence electrons. The van der Waals surface area contributed by atoms with Crippen LogP contribution in [-0.2, 0) is 17.1 Å². The fraction of sp³-hybridized carbons (Fsp3) is 0.500. The van der Waals surface area contributed by atoms with E-state index < -0.39 is 10.0 Å². The number of hydrogen-bond acceptors (Lipinski definition) is 5. The average Bonchev–Trinajstić information content (AvgIpc) is 2.81. The molecule has 1 aliphatic heterocycles. The van der Waals surface area contributed by atoms with Crippen LogP contribution < -0.4 is 5.56 Å². The van der Waals surface area contributed by atoms with Crippen molar-refractivity contribution in [3.63, 3.8) is 0 Å². The Morgan fingerprint density at radius 2 is 1.58 bits per heavy atom. The third kappa shape index (κ3) is 4.57. The van der Waals surface area contributed by atoms with Gasteiger partial charge in [0.1, 0.15) is 5.69 Å². The summed E-state index contributed by atoms with van der Waals surface area (Å²) in [7, 11) is -2.11. The molecule has 0 spiro atoms. The molecule has 4 rings (SSSR count). The van der Waals surface area contributed by atoms with Crippen LogP contribution in [0.5, 0.6) is 0 Å². The number of sulfonamides is 1. The quantitative estimate of drug-likeness (QED) is 0.719. The molecule has 2 aromatic rings. The topological polar surface area (TPSA) is 92.6 Å². The highest BCUT2D eigenvalue weighted by Crippen LogP contribution is 2.33.